The van der Waals surface area contributed by atoms with E-state index < -0.39 is 0 Å². The Morgan fingerprint density at radius 2 is 2.07 bits per heavy atom. The van der Waals surface area contributed by atoms with Crippen LogP contribution in [0.15, 0.2) is 40.7 Å². The van der Waals surface area contributed by atoms with Crippen molar-refractivity contribution in [1.29, 1.82) is 0 Å². The van der Waals surface area contributed by atoms with Crippen molar-refractivity contribution < 1.29 is 9.53 Å². The third-order valence-corrected chi connectivity index (χ3v) is 6.18. The minimum atomic E-state index is -0.234. The maximum absolute atomic E-state index is 12.8. The Morgan fingerprint density at radius 3 is 2.82 bits per heavy atom. The van der Waals surface area contributed by atoms with Gasteiger partial charge in [-0.25, -0.2) is 4.68 Å². The highest BCUT2D eigenvalue weighted by Crippen LogP contribution is 2.40. The lowest BCUT2D eigenvalue weighted by Gasteiger charge is -2.32. The molecule has 0 amide bonds. The molecule has 0 unspecified atom stereocenters. The van der Waals surface area contributed by atoms with Gasteiger partial charge in [-0.1, -0.05) is 43.7 Å². The molecule has 2 aromatic rings. The quantitative estimate of drug-likeness (QED) is 0.543. The van der Waals surface area contributed by atoms with E-state index in [1.807, 2.05) is 28.9 Å². The Labute approximate surface area is 169 Å². The molecule has 1 aliphatic heterocycles. The molecule has 6 nitrogen and oxygen atoms in total. The summed E-state index contributed by atoms with van der Waals surface area (Å²) in [6, 6.07) is 7.66. The van der Waals surface area contributed by atoms with Crippen LogP contribution in [0.1, 0.15) is 57.1 Å². The van der Waals surface area contributed by atoms with E-state index in [-0.39, 0.29) is 11.8 Å². The SMILES string of the molecule is CCCCCSc1nc2n(n1)[C@@H](c1ccc(OC)cc1)C1=C(CCCC1=O)N2. The molecule has 2 heterocycles. The number of Topliss-reactive ketones (excluding diaryl/α,β-unsaturated/α-hetero) is 1. The highest BCUT2D eigenvalue weighted by Gasteiger charge is 2.36. The van der Waals surface area contributed by atoms with Gasteiger partial charge in [-0.3, -0.25) is 4.79 Å². The molecule has 0 saturated carbocycles. The Hall–Kier alpha value is -2.28. The highest BCUT2D eigenvalue weighted by atomic mass is 32.2. The summed E-state index contributed by atoms with van der Waals surface area (Å²) in [6.45, 7) is 2.20. The molecule has 148 valence electrons. The van der Waals surface area contributed by atoms with Gasteiger partial charge < -0.3 is 10.1 Å². The van der Waals surface area contributed by atoms with Crippen molar-refractivity contribution in [2.24, 2.45) is 0 Å². The van der Waals surface area contributed by atoms with E-state index in [1.165, 1.54) is 12.8 Å². The minimum absolute atomic E-state index is 0.202. The fraction of sp³-hybridized carbons (Fsp3) is 0.476. The van der Waals surface area contributed by atoms with Crippen LogP contribution in [-0.2, 0) is 4.79 Å². The third kappa shape index (κ3) is 3.68. The number of thioether (sulfide) groups is 1. The first-order chi connectivity index (χ1) is 13.7. The molecule has 0 fully saturated rings. The van der Waals surface area contributed by atoms with Gasteiger partial charge in [0.15, 0.2) is 5.78 Å². The van der Waals surface area contributed by atoms with E-state index in [0.29, 0.717) is 6.42 Å². The van der Waals surface area contributed by atoms with Crippen LogP contribution in [0.25, 0.3) is 0 Å². The third-order valence-electron chi connectivity index (χ3n) is 5.26. The normalized spacial score (nSPS) is 18.5. The molecule has 1 N–H and O–H groups in total. The summed E-state index contributed by atoms with van der Waals surface area (Å²) >= 11 is 1.68. The summed E-state index contributed by atoms with van der Waals surface area (Å²) in [6.07, 6.45) is 5.93. The molecule has 4 rings (SSSR count). The van der Waals surface area contributed by atoms with Gasteiger partial charge >= 0.3 is 0 Å². The highest BCUT2D eigenvalue weighted by molar-refractivity contribution is 7.99. The number of carbonyl (C=O) groups excluding carboxylic acids is 1. The maximum Gasteiger partial charge on any atom is 0.227 e. The van der Waals surface area contributed by atoms with Crippen LogP contribution in [0.3, 0.4) is 0 Å². The zero-order valence-corrected chi connectivity index (χ0v) is 17.2. The molecule has 1 aromatic carbocycles. The number of ketones is 1. The molecule has 1 aliphatic carbocycles. The number of carbonyl (C=O) groups is 1. The molecule has 0 radical (unpaired) electrons. The number of nitrogens with zero attached hydrogens (tertiary/aromatic N) is 3. The summed E-state index contributed by atoms with van der Waals surface area (Å²) in [5.41, 5.74) is 2.86. The number of benzene rings is 1. The zero-order chi connectivity index (χ0) is 19.5. The number of methoxy groups -OCH3 is 1. The van der Waals surface area contributed by atoms with Crippen LogP contribution in [0.4, 0.5) is 5.95 Å². The number of hydrogen-bond acceptors (Lipinski definition) is 6. The van der Waals surface area contributed by atoms with Crippen LogP contribution < -0.4 is 10.1 Å². The second-order valence-corrected chi connectivity index (χ2v) is 8.25. The van der Waals surface area contributed by atoms with E-state index in [4.69, 9.17) is 14.8 Å². The van der Waals surface area contributed by atoms with Crippen LogP contribution in [0.5, 0.6) is 5.75 Å². The number of anilines is 1. The Balaban J connectivity index is 1.69. The van der Waals surface area contributed by atoms with Crippen molar-refractivity contribution in [3.8, 4) is 5.75 Å². The van der Waals surface area contributed by atoms with Gasteiger partial charge in [0.25, 0.3) is 0 Å². The molecule has 0 saturated heterocycles. The molecule has 1 aromatic heterocycles. The fourth-order valence-corrected chi connectivity index (χ4v) is 4.64. The first-order valence-corrected chi connectivity index (χ1v) is 11.0. The van der Waals surface area contributed by atoms with Crippen LogP contribution in [0.2, 0.25) is 0 Å². The largest absolute Gasteiger partial charge is 0.497 e. The average molecular weight is 399 g/mol. The zero-order valence-electron chi connectivity index (χ0n) is 16.4. The predicted molar refractivity (Wildman–Crippen MR) is 111 cm³/mol. The number of allylic oxidation sites excluding steroid dienone is 2. The van der Waals surface area contributed by atoms with E-state index >= 15 is 0 Å². The number of ether oxygens (including phenoxy) is 1. The Morgan fingerprint density at radius 1 is 1.25 bits per heavy atom. The van der Waals surface area contributed by atoms with Crippen molar-refractivity contribution >= 4 is 23.5 Å². The minimum Gasteiger partial charge on any atom is -0.497 e. The van der Waals surface area contributed by atoms with Gasteiger partial charge in [0.1, 0.15) is 11.8 Å². The Kier molecular flexibility index (Phi) is 5.71. The van der Waals surface area contributed by atoms with Crippen molar-refractivity contribution in [2.45, 2.75) is 56.6 Å². The lowest BCUT2D eigenvalue weighted by Crippen LogP contribution is -2.31. The van der Waals surface area contributed by atoms with Gasteiger partial charge in [0.05, 0.1) is 7.11 Å². The van der Waals surface area contributed by atoms with E-state index in [2.05, 4.69) is 12.2 Å². The van der Waals surface area contributed by atoms with Gasteiger partial charge in [-0.15, -0.1) is 5.10 Å². The van der Waals surface area contributed by atoms with Crippen molar-refractivity contribution in [3.63, 3.8) is 0 Å². The number of fused-ring (bicyclic) bond motifs is 1. The van der Waals surface area contributed by atoms with Crippen LogP contribution in [-0.4, -0.2) is 33.4 Å². The smallest absolute Gasteiger partial charge is 0.227 e. The van der Waals surface area contributed by atoms with Crippen molar-refractivity contribution in [2.75, 3.05) is 18.2 Å². The van der Waals surface area contributed by atoms with Crippen LogP contribution in [0, 0.1) is 0 Å². The fourth-order valence-electron chi connectivity index (χ4n) is 3.81. The molecule has 7 heteroatoms. The molecular weight excluding hydrogens is 372 g/mol. The monoisotopic (exact) mass is 398 g/mol. The van der Waals surface area contributed by atoms with Gasteiger partial charge in [0.2, 0.25) is 11.1 Å². The number of hydrogen-bond donors (Lipinski definition) is 1. The molecule has 0 spiro atoms. The summed E-state index contributed by atoms with van der Waals surface area (Å²) < 4.78 is 7.17. The first-order valence-electron chi connectivity index (χ1n) is 9.97. The van der Waals surface area contributed by atoms with Gasteiger partial charge in [-0.05, 0) is 37.0 Å². The summed E-state index contributed by atoms with van der Waals surface area (Å²) in [5, 5.41) is 8.91. The molecule has 0 bridgehead atoms. The predicted octanol–water partition coefficient (Wildman–Crippen LogP) is 4.59. The van der Waals surface area contributed by atoms with Crippen molar-refractivity contribution in [3.05, 3.63) is 41.1 Å². The van der Waals surface area contributed by atoms with Crippen molar-refractivity contribution in [1.82, 2.24) is 14.8 Å². The number of unbranched alkanes of at least 4 members (excludes halogenated alkanes) is 2. The standard InChI is InChI=1S/C21H26N4O2S/c1-3-4-5-13-28-21-23-20-22-16-7-6-8-17(26)18(16)19(25(20)24-21)14-9-11-15(27-2)12-10-14/h9-12,19H,3-8,13H2,1-2H3,(H,22,23,24)/t19-/m0/s1. The second kappa shape index (κ2) is 8.39. The summed E-state index contributed by atoms with van der Waals surface area (Å²) in [5.74, 6) is 2.74. The summed E-state index contributed by atoms with van der Waals surface area (Å²) in [4.78, 5) is 17.5. The molecule has 28 heavy (non-hydrogen) atoms. The molecular formula is C21H26N4O2S. The van der Waals surface area contributed by atoms with Crippen LogP contribution >= 0.6 is 11.8 Å². The van der Waals surface area contributed by atoms with E-state index in [0.717, 1.165) is 58.7 Å². The number of rotatable bonds is 7. The van der Waals surface area contributed by atoms with Gasteiger partial charge in [-0.2, -0.15) is 4.98 Å². The maximum atomic E-state index is 12.8. The summed E-state index contributed by atoms with van der Waals surface area (Å²) in [7, 11) is 1.66. The van der Waals surface area contributed by atoms with Gasteiger partial charge in [0, 0.05) is 23.4 Å². The van der Waals surface area contributed by atoms with E-state index in [9.17, 15) is 4.79 Å². The number of aromatic nitrogens is 3. The second-order valence-electron chi connectivity index (χ2n) is 7.19. The topological polar surface area (TPSA) is 69.0 Å². The Bertz CT molecular complexity index is 888. The lowest BCUT2D eigenvalue weighted by atomic mass is 9.85. The molecule has 2 aliphatic rings. The average Bonchev–Trinajstić information content (AvgIpc) is 3.12. The van der Waals surface area contributed by atoms with E-state index in [1.54, 1.807) is 18.9 Å². The first kappa shape index (κ1) is 19.1. The number of nitrogens with one attached hydrogen (secondary N) is 1. The lowest BCUT2D eigenvalue weighted by molar-refractivity contribution is -0.116. The molecule has 1 atom stereocenters.